The molecule has 4 radical (unpaired) electrons. The molecule has 0 bridgehead atoms. The van der Waals surface area contributed by atoms with Crippen LogP contribution in [0, 0.1) is 0 Å². The molecule has 36 heavy (non-hydrogen) atoms. The van der Waals surface area contributed by atoms with E-state index in [1.165, 1.54) is 16.7 Å². The third-order valence-corrected chi connectivity index (χ3v) is 8.33. The Bertz CT molecular complexity index is 1370. The number of dihydropyridines is 1. The van der Waals surface area contributed by atoms with Gasteiger partial charge in [0.2, 0.25) is 0 Å². The van der Waals surface area contributed by atoms with Crippen molar-refractivity contribution in [3.05, 3.63) is 72.7 Å². The number of allylic oxidation sites excluding steroid dienone is 2. The molecule has 0 amide bonds. The van der Waals surface area contributed by atoms with Crippen LogP contribution in [0.3, 0.4) is 0 Å². The van der Waals surface area contributed by atoms with Crippen molar-refractivity contribution >= 4 is 34.0 Å². The molecule has 2 N–H and O–H groups in total. The van der Waals surface area contributed by atoms with Crippen molar-refractivity contribution in [3.8, 4) is 0 Å². The summed E-state index contributed by atoms with van der Waals surface area (Å²) in [5.41, 5.74) is 10.3. The van der Waals surface area contributed by atoms with Crippen LogP contribution in [0.2, 0.25) is 5.82 Å². The average molecular weight is 477 g/mol. The molecule has 5 aliphatic rings. The fraction of sp³-hybridized carbons (Fsp3) is 0.481. The quantitative estimate of drug-likeness (QED) is 0.505. The summed E-state index contributed by atoms with van der Waals surface area (Å²) in [5, 5.41) is 7.41. The number of carbonyl (C=O) groups is 1. The molecule has 0 aromatic carbocycles. The second-order valence-corrected chi connectivity index (χ2v) is 10.8. The van der Waals surface area contributed by atoms with E-state index >= 15 is 0 Å². The van der Waals surface area contributed by atoms with Crippen molar-refractivity contribution in [3.63, 3.8) is 0 Å². The van der Waals surface area contributed by atoms with E-state index in [1.54, 1.807) is 0 Å². The number of hydrogen-bond acceptors (Lipinski definition) is 5. The number of hydrogen-bond donors (Lipinski definition) is 2. The predicted octanol–water partition coefficient (Wildman–Crippen LogP) is 2.59. The Morgan fingerprint density at radius 1 is 1.28 bits per heavy atom. The molecular weight excluding hydrogens is 447 g/mol. The topological polar surface area (TPSA) is 72.4 Å². The van der Waals surface area contributed by atoms with Crippen LogP contribution in [0.25, 0.3) is 5.70 Å². The Labute approximate surface area is 215 Å². The molecule has 3 aliphatic heterocycles. The first-order valence-corrected chi connectivity index (χ1v) is 13.1. The highest BCUT2D eigenvalue weighted by atomic mass is 16.5. The molecule has 0 spiro atoms. The number of nitrogens with one attached hydrogen (secondary N) is 2. The van der Waals surface area contributed by atoms with Gasteiger partial charge >= 0.3 is 5.97 Å². The van der Waals surface area contributed by atoms with Crippen LogP contribution < -0.4 is 16.1 Å². The van der Waals surface area contributed by atoms with Crippen molar-refractivity contribution in [1.29, 1.82) is 0 Å². The van der Waals surface area contributed by atoms with Gasteiger partial charge in [0.1, 0.15) is 14.5 Å². The van der Waals surface area contributed by atoms with Gasteiger partial charge in [0, 0.05) is 11.6 Å². The number of cyclic esters (lactones) is 1. The third kappa shape index (κ3) is 3.46. The molecule has 6 rings (SSSR count). The van der Waals surface area contributed by atoms with Gasteiger partial charge in [-0.2, -0.15) is 0 Å². The van der Waals surface area contributed by atoms with Crippen LogP contribution in [0.5, 0.6) is 0 Å². The lowest BCUT2D eigenvalue weighted by Crippen LogP contribution is -2.46. The predicted molar refractivity (Wildman–Crippen MR) is 144 cm³/mol. The summed E-state index contributed by atoms with van der Waals surface area (Å²) >= 11 is 0. The van der Waals surface area contributed by atoms with Gasteiger partial charge < -0.3 is 19.8 Å². The molecule has 0 saturated heterocycles. The largest absolute Gasteiger partial charge is 0.460 e. The van der Waals surface area contributed by atoms with Crippen molar-refractivity contribution in [1.82, 2.24) is 15.1 Å². The van der Waals surface area contributed by atoms with E-state index in [-0.39, 0.29) is 30.2 Å². The Morgan fingerprint density at radius 2 is 2.08 bits per heavy atom. The molecule has 1 aromatic rings. The van der Waals surface area contributed by atoms with Crippen LogP contribution in [0.1, 0.15) is 69.7 Å². The van der Waals surface area contributed by atoms with Gasteiger partial charge in [-0.15, -0.1) is 0 Å². The van der Waals surface area contributed by atoms with Gasteiger partial charge in [-0.25, -0.2) is 0 Å². The van der Waals surface area contributed by atoms with Crippen molar-refractivity contribution in [2.75, 3.05) is 0 Å². The van der Waals surface area contributed by atoms with Crippen LogP contribution >= 0.6 is 0 Å². The second-order valence-electron chi connectivity index (χ2n) is 10.8. The number of aromatic nitrogens is 1. The molecule has 2 aliphatic carbocycles. The minimum Gasteiger partial charge on any atom is -0.460 e. The second kappa shape index (κ2) is 8.72. The summed E-state index contributed by atoms with van der Waals surface area (Å²) in [6.45, 7) is 8.97. The molecule has 4 heterocycles. The Balaban J connectivity index is 1.50. The molecule has 0 fully saturated rings. The molecule has 0 saturated carbocycles. The number of nitrogens with zero attached hydrogens (tertiary/aromatic N) is 1. The van der Waals surface area contributed by atoms with E-state index in [9.17, 15) is 9.59 Å². The molecular formula is C27H30B3N3O3. The lowest BCUT2D eigenvalue weighted by Gasteiger charge is -2.42. The standard InChI is InChI=1S/C27H30B3N3O3/c1-5-14-16-8-22-25-17(10-33(22)26(34)18(16)11-36-27(14)35)24-20(32-30-29-12(2)3)7-6-15-13(4)19(28)9-21(31-25)23(15)24/h8-9,12,14,20-21,31-32H,5-7,10-11H2,1-4H3. The summed E-state index contributed by atoms with van der Waals surface area (Å²) in [6.07, 6.45) is 4.64. The van der Waals surface area contributed by atoms with Gasteiger partial charge in [-0.05, 0) is 54.5 Å². The number of pyridine rings is 1. The maximum absolute atomic E-state index is 13.7. The fourth-order valence-corrected chi connectivity index (χ4v) is 6.46. The van der Waals surface area contributed by atoms with E-state index in [1.807, 2.05) is 17.6 Å². The van der Waals surface area contributed by atoms with E-state index in [0.29, 0.717) is 24.3 Å². The van der Waals surface area contributed by atoms with Crippen LogP contribution in [-0.4, -0.2) is 44.9 Å². The van der Waals surface area contributed by atoms with Crippen molar-refractivity contribution in [2.24, 2.45) is 0 Å². The summed E-state index contributed by atoms with van der Waals surface area (Å²) in [4.78, 5) is 26.1. The third-order valence-electron chi connectivity index (χ3n) is 8.33. The van der Waals surface area contributed by atoms with E-state index in [4.69, 9.17) is 12.6 Å². The van der Waals surface area contributed by atoms with Gasteiger partial charge in [0.05, 0.1) is 42.6 Å². The first-order valence-electron chi connectivity index (χ1n) is 13.1. The molecule has 180 valence electrons. The molecule has 6 nitrogen and oxygen atoms in total. The highest BCUT2D eigenvalue weighted by molar-refractivity contribution is 6.99. The van der Waals surface area contributed by atoms with E-state index < -0.39 is 5.92 Å². The maximum atomic E-state index is 13.7. The zero-order valence-electron chi connectivity index (χ0n) is 21.4. The number of esters is 1. The molecule has 3 unspecified atom stereocenters. The summed E-state index contributed by atoms with van der Waals surface area (Å²) in [7, 11) is 10.7. The van der Waals surface area contributed by atoms with Crippen LogP contribution in [0.15, 0.2) is 50.3 Å². The first kappa shape index (κ1) is 23.7. The zero-order valence-corrected chi connectivity index (χ0v) is 21.4. The van der Waals surface area contributed by atoms with Gasteiger partial charge in [-0.3, -0.25) is 9.59 Å². The van der Waals surface area contributed by atoms with E-state index in [0.717, 1.165) is 46.4 Å². The van der Waals surface area contributed by atoms with Crippen LogP contribution in [-0.2, 0) is 22.7 Å². The molecule has 3 atom stereocenters. The normalized spacial score (nSPS) is 26.1. The Hall–Kier alpha value is -2.67. The first-order chi connectivity index (χ1) is 17.3. The van der Waals surface area contributed by atoms with Gasteiger partial charge in [-0.1, -0.05) is 43.7 Å². The SMILES string of the molecule is [B]C1=CC2NC3=C(Cn4c3cc3c(c4=O)COC(=O)C3CC)C3=C2C(=C1C)CCC3N[B][B]C(C)C. The number of ether oxygens (including phenoxy) is 1. The number of fused-ring (bicyclic) bond motifs is 4. The minimum absolute atomic E-state index is 0.0410. The highest BCUT2D eigenvalue weighted by Crippen LogP contribution is 2.48. The van der Waals surface area contributed by atoms with E-state index in [2.05, 4.69) is 51.9 Å². The Morgan fingerprint density at radius 3 is 2.83 bits per heavy atom. The van der Waals surface area contributed by atoms with Crippen molar-refractivity contribution in [2.45, 2.75) is 83.9 Å². The summed E-state index contributed by atoms with van der Waals surface area (Å²) in [6, 6.07) is 2.16. The molecule has 1 aromatic heterocycles. The van der Waals surface area contributed by atoms with Gasteiger partial charge in [0.15, 0.2) is 7.31 Å². The monoisotopic (exact) mass is 477 g/mol. The average Bonchev–Trinajstić information content (AvgIpc) is 3.21. The summed E-state index contributed by atoms with van der Waals surface area (Å²) in [5.74, 6) is -0.186. The van der Waals surface area contributed by atoms with Crippen LogP contribution in [0.4, 0.5) is 0 Å². The number of rotatable bonds is 5. The van der Waals surface area contributed by atoms with Crippen molar-refractivity contribution < 1.29 is 9.53 Å². The zero-order chi connectivity index (χ0) is 25.3. The lowest BCUT2D eigenvalue weighted by atomic mass is 9.40. The fourth-order valence-electron chi connectivity index (χ4n) is 6.46. The lowest BCUT2D eigenvalue weighted by molar-refractivity contribution is -0.148. The highest BCUT2D eigenvalue weighted by Gasteiger charge is 2.42. The summed E-state index contributed by atoms with van der Waals surface area (Å²) < 4.78 is 7.23. The maximum Gasteiger partial charge on any atom is 0.313 e. The molecule has 9 heteroatoms. The smallest absolute Gasteiger partial charge is 0.313 e. The Kier molecular flexibility index (Phi) is 5.75. The number of carbonyl (C=O) groups excluding carboxylic acids is 1. The van der Waals surface area contributed by atoms with Gasteiger partial charge in [0.25, 0.3) is 5.56 Å². The minimum atomic E-state index is -0.400.